The van der Waals surface area contributed by atoms with Gasteiger partial charge in [0.15, 0.2) is 11.5 Å². The van der Waals surface area contributed by atoms with Gasteiger partial charge >= 0.3 is 0 Å². The van der Waals surface area contributed by atoms with Gasteiger partial charge in [-0.1, -0.05) is 12.2 Å². The SMILES string of the molecule is COc1ccc(C2=NN(C3CCNCC3)C(=O)C3CC=CCC23)c2c1OC(C)(C)C2. The van der Waals surface area contributed by atoms with E-state index in [2.05, 4.69) is 37.4 Å². The summed E-state index contributed by atoms with van der Waals surface area (Å²) in [5.74, 6) is 1.90. The molecule has 0 saturated carbocycles. The topological polar surface area (TPSA) is 63.2 Å². The first-order valence-electron chi connectivity index (χ1n) is 11.1. The minimum atomic E-state index is -0.280. The molecule has 0 spiro atoms. The van der Waals surface area contributed by atoms with E-state index in [1.807, 2.05) is 11.1 Å². The zero-order valence-corrected chi connectivity index (χ0v) is 18.1. The van der Waals surface area contributed by atoms with Gasteiger partial charge in [0, 0.05) is 23.5 Å². The first-order chi connectivity index (χ1) is 14.5. The molecule has 0 aromatic heterocycles. The van der Waals surface area contributed by atoms with Crippen molar-refractivity contribution in [2.45, 2.75) is 57.6 Å². The maximum absolute atomic E-state index is 13.4. The van der Waals surface area contributed by atoms with Gasteiger partial charge < -0.3 is 14.8 Å². The highest BCUT2D eigenvalue weighted by Crippen LogP contribution is 2.46. The van der Waals surface area contributed by atoms with E-state index in [1.165, 1.54) is 0 Å². The van der Waals surface area contributed by atoms with E-state index >= 15 is 0 Å². The van der Waals surface area contributed by atoms with E-state index in [4.69, 9.17) is 14.6 Å². The Morgan fingerprint density at radius 3 is 2.63 bits per heavy atom. The van der Waals surface area contributed by atoms with Crippen molar-refractivity contribution in [2.24, 2.45) is 16.9 Å². The minimum absolute atomic E-state index is 0.0227. The molecule has 1 saturated heterocycles. The van der Waals surface area contributed by atoms with Crippen LogP contribution in [0.25, 0.3) is 0 Å². The lowest BCUT2D eigenvalue weighted by Crippen LogP contribution is -2.51. The maximum Gasteiger partial charge on any atom is 0.247 e. The van der Waals surface area contributed by atoms with E-state index in [0.717, 1.165) is 73.5 Å². The molecule has 2 unspecified atom stereocenters. The predicted octanol–water partition coefficient (Wildman–Crippen LogP) is 3.29. The number of rotatable bonds is 3. The summed E-state index contributed by atoms with van der Waals surface area (Å²) in [6.45, 7) is 6.09. The highest BCUT2D eigenvalue weighted by atomic mass is 16.5. The van der Waals surface area contributed by atoms with Crippen LogP contribution >= 0.6 is 0 Å². The summed E-state index contributed by atoms with van der Waals surface area (Å²) in [6.07, 6.45) is 8.73. The van der Waals surface area contributed by atoms with E-state index in [9.17, 15) is 4.79 Å². The third-order valence-electron chi connectivity index (χ3n) is 6.90. The van der Waals surface area contributed by atoms with Crippen LogP contribution in [0.2, 0.25) is 0 Å². The van der Waals surface area contributed by atoms with Gasteiger partial charge in [-0.05, 0) is 64.8 Å². The lowest BCUT2D eigenvalue weighted by atomic mass is 9.75. The van der Waals surface area contributed by atoms with Gasteiger partial charge in [0.05, 0.1) is 24.8 Å². The van der Waals surface area contributed by atoms with E-state index in [1.54, 1.807) is 7.11 Å². The molecule has 0 bridgehead atoms. The molecule has 4 aliphatic rings. The van der Waals surface area contributed by atoms with Crippen molar-refractivity contribution in [1.29, 1.82) is 0 Å². The van der Waals surface area contributed by atoms with Gasteiger partial charge in [-0.25, -0.2) is 5.01 Å². The first kappa shape index (κ1) is 19.6. The molecule has 1 aromatic rings. The molecular weight excluding hydrogens is 378 g/mol. The third kappa shape index (κ3) is 3.22. The third-order valence-corrected chi connectivity index (χ3v) is 6.90. The molecule has 1 aliphatic carbocycles. The highest BCUT2D eigenvalue weighted by Gasteiger charge is 2.44. The van der Waals surface area contributed by atoms with Crippen LogP contribution in [-0.4, -0.2) is 48.5 Å². The lowest BCUT2D eigenvalue weighted by molar-refractivity contribution is -0.141. The zero-order chi connectivity index (χ0) is 20.9. The molecule has 6 heteroatoms. The Labute approximate surface area is 178 Å². The van der Waals surface area contributed by atoms with Crippen molar-refractivity contribution in [3.05, 3.63) is 35.4 Å². The molecular formula is C24H31N3O3. The number of hydrogen-bond donors (Lipinski definition) is 1. The standard InChI is InChI=1S/C24H31N3O3/c1-24(2)14-19-17(8-9-20(29-3)22(19)30-24)21-16-6-4-5-7-18(16)23(28)27(26-21)15-10-12-25-13-11-15/h4-5,8-9,15-16,18,25H,6-7,10-14H2,1-3H3. The van der Waals surface area contributed by atoms with Crippen LogP contribution in [0, 0.1) is 11.8 Å². The Kier molecular flexibility index (Phi) is 4.85. The van der Waals surface area contributed by atoms with Crippen LogP contribution < -0.4 is 14.8 Å². The molecule has 3 aliphatic heterocycles. The van der Waals surface area contributed by atoms with E-state index in [-0.39, 0.29) is 29.4 Å². The molecule has 6 nitrogen and oxygen atoms in total. The van der Waals surface area contributed by atoms with Crippen LogP contribution in [0.5, 0.6) is 11.5 Å². The second kappa shape index (κ2) is 7.41. The summed E-state index contributed by atoms with van der Waals surface area (Å²) in [5, 5.41) is 10.3. The van der Waals surface area contributed by atoms with Gasteiger partial charge in [-0.3, -0.25) is 4.79 Å². The Morgan fingerprint density at radius 1 is 1.17 bits per heavy atom. The summed E-state index contributed by atoms with van der Waals surface area (Å²) in [5.41, 5.74) is 3.04. The number of amides is 1. The monoisotopic (exact) mass is 409 g/mol. The van der Waals surface area contributed by atoms with Gasteiger partial charge in [0.1, 0.15) is 5.60 Å². The Hall–Kier alpha value is -2.34. The largest absolute Gasteiger partial charge is 0.493 e. The van der Waals surface area contributed by atoms with Crippen LogP contribution in [0.1, 0.15) is 50.7 Å². The zero-order valence-electron chi connectivity index (χ0n) is 18.1. The summed E-state index contributed by atoms with van der Waals surface area (Å²) in [4.78, 5) is 13.4. The fourth-order valence-corrected chi connectivity index (χ4v) is 5.40. The number of carbonyl (C=O) groups is 1. The number of nitrogens with one attached hydrogen (secondary N) is 1. The molecule has 1 fully saturated rings. The normalized spacial score (nSPS) is 27.9. The Balaban J connectivity index is 1.62. The molecule has 1 amide bonds. The maximum atomic E-state index is 13.4. The Morgan fingerprint density at radius 2 is 1.90 bits per heavy atom. The fraction of sp³-hybridized carbons (Fsp3) is 0.583. The predicted molar refractivity (Wildman–Crippen MR) is 116 cm³/mol. The number of allylic oxidation sites excluding steroid dienone is 2. The van der Waals surface area contributed by atoms with Crippen molar-refractivity contribution < 1.29 is 14.3 Å². The van der Waals surface area contributed by atoms with E-state index in [0.29, 0.717) is 0 Å². The molecule has 30 heavy (non-hydrogen) atoms. The average Bonchev–Trinajstić information content (AvgIpc) is 3.09. The van der Waals surface area contributed by atoms with Crippen LogP contribution in [0.3, 0.4) is 0 Å². The number of carbonyl (C=O) groups excluding carboxylic acids is 1. The van der Waals surface area contributed by atoms with Crippen LogP contribution in [0.4, 0.5) is 0 Å². The number of hydrazone groups is 1. The van der Waals surface area contributed by atoms with Crippen molar-refractivity contribution >= 4 is 11.6 Å². The number of benzene rings is 1. The summed E-state index contributed by atoms with van der Waals surface area (Å²) in [7, 11) is 1.68. The molecule has 1 aromatic carbocycles. The molecule has 0 radical (unpaired) electrons. The van der Waals surface area contributed by atoms with Gasteiger partial charge in [0.25, 0.3) is 0 Å². The summed E-state index contributed by atoms with van der Waals surface area (Å²) >= 11 is 0. The van der Waals surface area contributed by atoms with Crippen LogP contribution in [-0.2, 0) is 11.2 Å². The number of nitrogens with zero attached hydrogens (tertiary/aromatic N) is 2. The van der Waals surface area contributed by atoms with Crippen LogP contribution in [0.15, 0.2) is 29.4 Å². The quantitative estimate of drug-likeness (QED) is 0.778. The van der Waals surface area contributed by atoms with Crippen molar-refractivity contribution in [2.75, 3.05) is 20.2 Å². The Bertz CT molecular complexity index is 915. The molecule has 5 rings (SSSR count). The summed E-state index contributed by atoms with van der Waals surface area (Å²) in [6, 6.07) is 4.28. The van der Waals surface area contributed by atoms with Gasteiger partial charge in [-0.15, -0.1) is 0 Å². The number of methoxy groups -OCH3 is 1. The van der Waals surface area contributed by atoms with Crippen molar-refractivity contribution in [1.82, 2.24) is 10.3 Å². The summed E-state index contributed by atoms with van der Waals surface area (Å²) < 4.78 is 11.9. The number of ether oxygens (including phenoxy) is 2. The van der Waals surface area contributed by atoms with Crippen molar-refractivity contribution in [3.8, 4) is 11.5 Å². The van der Waals surface area contributed by atoms with Crippen molar-refractivity contribution in [3.63, 3.8) is 0 Å². The second-order valence-electron chi connectivity index (χ2n) is 9.47. The number of piperidine rings is 1. The van der Waals surface area contributed by atoms with Gasteiger partial charge in [-0.2, -0.15) is 5.10 Å². The van der Waals surface area contributed by atoms with E-state index < -0.39 is 0 Å². The number of hydrogen-bond acceptors (Lipinski definition) is 5. The molecule has 1 N–H and O–H groups in total. The fourth-order valence-electron chi connectivity index (χ4n) is 5.40. The smallest absolute Gasteiger partial charge is 0.247 e. The van der Waals surface area contributed by atoms with Gasteiger partial charge in [0.2, 0.25) is 5.91 Å². The first-order valence-corrected chi connectivity index (χ1v) is 11.1. The second-order valence-corrected chi connectivity index (χ2v) is 9.47. The lowest BCUT2D eigenvalue weighted by Gasteiger charge is -2.41. The molecule has 2 atom stereocenters. The highest BCUT2D eigenvalue weighted by molar-refractivity contribution is 6.08. The number of fused-ring (bicyclic) bond motifs is 2. The molecule has 160 valence electrons. The average molecular weight is 410 g/mol. The molecule has 3 heterocycles. The minimum Gasteiger partial charge on any atom is -0.493 e.